The fourth-order valence-electron chi connectivity index (χ4n) is 2.67. The molecule has 1 amide bonds. The number of benzene rings is 2. The molecule has 2 aromatic carbocycles. The second-order valence-corrected chi connectivity index (χ2v) is 5.12. The Morgan fingerprint density at radius 1 is 1.29 bits per heavy atom. The molecule has 0 unspecified atom stereocenters. The van der Waals surface area contributed by atoms with E-state index in [0.717, 1.165) is 22.9 Å². The number of phenols is 1. The molecule has 0 saturated heterocycles. The minimum Gasteiger partial charge on any atom is -0.507 e. The molecule has 1 aliphatic heterocycles. The zero-order valence-electron chi connectivity index (χ0n) is 11.3. The van der Waals surface area contributed by atoms with Crippen LogP contribution in [0.15, 0.2) is 36.4 Å². The van der Waals surface area contributed by atoms with Crippen LogP contribution in [0.1, 0.15) is 21.5 Å². The van der Waals surface area contributed by atoms with Gasteiger partial charge >= 0.3 is 0 Å². The number of phenolic OH excluding ortho intramolecular Hbond substituents is 1. The molecule has 0 spiro atoms. The van der Waals surface area contributed by atoms with Gasteiger partial charge in [0.25, 0.3) is 5.91 Å². The molecule has 0 aliphatic carbocycles. The fraction of sp³-hybridized carbons (Fsp3) is 0.188. The Balaban J connectivity index is 1.87. The number of carbonyl (C=O) groups is 1. The predicted octanol–water partition coefficient (Wildman–Crippen LogP) is 2.31. The van der Waals surface area contributed by atoms with Crippen LogP contribution in [0.4, 0.5) is 10.1 Å². The molecule has 3 rings (SSSR count). The fourth-order valence-corrected chi connectivity index (χ4v) is 2.67. The molecule has 21 heavy (non-hydrogen) atoms. The number of aromatic hydroxyl groups is 1. The van der Waals surface area contributed by atoms with E-state index in [9.17, 15) is 14.3 Å². The first-order valence-corrected chi connectivity index (χ1v) is 6.70. The number of nitrogens with two attached hydrogens (primary N) is 1. The summed E-state index contributed by atoms with van der Waals surface area (Å²) in [5, 5.41) is 9.72. The lowest BCUT2D eigenvalue weighted by molar-refractivity contribution is 0.0731. The van der Waals surface area contributed by atoms with Crippen molar-refractivity contribution in [2.45, 2.75) is 13.0 Å². The highest BCUT2D eigenvalue weighted by molar-refractivity contribution is 5.97. The van der Waals surface area contributed by atoms with E-state index in [1.54, 1.807) is 4.90 Å². The molecular formula is C16H15FN2O2. The van der Waals surface area contributed by atoms with Crippen LogP contribution in [0, 0.1) is 5.82 Å². The number of rotatable bonds is 1. The number of fused-ring (bicyclic) bond motifs is 1. The minimum atomic E-state index is -0.569. The van der Waals surface area contributed by atoms with Crippen LogP contribution in [0.3, 0.4) is 0 Å². The van der Waals surface area contributed by atoms with Crippen LogP contribution in [-0.2, 0) is 13.0 Å². The van der Waals surface area contributed by atoms with E-state index in [2.05, 4.69) is 0 Å². The van der Waals surface area contributed by atoms with Gasteiger partial charge in [0.1, 0.15) is 11.6 Å². The molecule has 0 saturated carbocycles. The number of amides is 1. The van der Waals surface area contributed by atoms with Crippen molar-refractivity contribution in [3.8, 4) is 5.75 Å². The van der Waals surface area contributed by atoms with Gasteiger partial charge in [0.2, 0.25) is 0 Å². The molecule has 2 aromatic rings. The third-order valence-electron chi connectivity index (χ3n) is 3.78. The number of hydrogen-bond donors (Lipinski definition) is 2. The quantitative estimate of drug-likeness (QED) is 0.791. The van der Waals surface area contributed by atoms with Gasteiger partial charge in [0, 0.05) is 24.8 Å². The Labute approximate surface area is 121 Å². The molecule has 5 heteroatoms. The molecule has 3 N–H and O–H groups in total. The molecule has 0 atom stereocenters. The zero-order valence-corrected chi connectivity index (χ0v) is 11.3. The predicted molar refractivity (Wildman–Crippen MR) is 77.4 cm³/mol. The van der Waals surface area contributed by atoms with E-state index in [4.69, 9.17) is 5.73 Å². The number of hydrogen-bond acceptors (Lipinski definition) is 3. The highest BCUT2D eigenvalue weighted by Gasteiger charge is 2.24. The number of anilines is 1. The van der Waals surface area contributed by atoms with Gasteiger partial charge in [-0.1, -0.05) is 12.1 Å². The van der Waals surface area contributed by atoms with Gasteiger partial charge in [0.05, 0.1) is 5.56 Å². The Kier molecular flexibility index (Phi) is 3.25. The van der Waals surface area contributed by atoms with Crippen molar-refractivity contribution >= 4 is 11.6 Å². The van der Waals surface area contributed by atoms with E-state index in [1.807, 2.05) is 18.2 Å². The summed E-state index contributed by atoms with van der Waals surface area (Å²) in [4.78, 5) is 14.1. The lowest BCUT2D eigenvalue weighted by Gasteiger charge is -2.29. The third-order valence-corrected chi connectivity index (χ3v) is 3.78. The maximum Gasteiger partial charge on any atom is 0.257 e. The van der Waals surface area contributed by atoms with Crippen LogP contribution in [0.25, 0.3) is 0 Å². The van der Waals surface area contributed by atoms with E-state index < -0.39 is 5.82 Å². The van der Waals surface area contributed by atoms with Crippen LogP contribution >= 0.6 is 0 Å². The summed E-state index contributed by atoms with van der Waals surface area (Å²) >= 11 is 0. The van der Waals surface area contributed by atoms with Crippen molar-refractivity contribution in [3.63, 3.8) is 0 Å². The average molecular weight is 286 g/mol. The van der Waals surface area contributed by atoms with E-state index in [0.29, 0.717) is 19.5 Å². The Morgan fingerprint density at radius 3 is 2.86 bits per heavy atom. The minimum absolute atomic E-state index is 0.115. The molecule has 0 aromatic heterocycles. The second-order valence-electron chi connectivity index (χ2n) is 5.12. The highest BCUT2D eigenvalue weighted by Crippen LogP contribution is 2.27. The molecule has 0 bridgehead atoms. The van der Waals surface area contributed by atoms with Crippen LogP contribution in [0.2, 0.25) is 0 Å². The van der Waals surface area contributed by atoms with Crippen LogP contribution < -0.4 is 5.73 Å². The molecule has 108 valence electrons. The SMILES string of the molecule is Nc1cccc2c1CCN(C(=O)c1ccc(F)cc1O)C2. The normalized spacial score (nSPS) is 13.9. The summed E-state index contributed by atoms with van der Waals surface area (Å²) in [6.45, 7) is 0.965. The molecule has 1 heterocycles. The van der Waals surface area contributed by atoms with E-state index >= 15 is 0 Å². The first-order chi connectivity index (χ1) is 10.1. The summed E-state index contributed by atoms with van der Waals surface area (Å²) in [6.07, 6.45) is 0.676. The van der Waals surface area contributed by atoms with Crippen molar-refractivity contribution in [3.05, 3.63) is 58.9 Å². The summed E-state index contributed by atoms with van der Waals surface area (Å²) in [5.41, 5.74) is 8.87. The molecule has 4 nitrogen and oxygen atoms in total. The zero-order chi connectivity index (χ0) is 15.0. The topological polar surface area (TPSA) is 66.6 Å². The molecular weight excluding hydrogens is 271 g/mol. The van der Waals surface area contributed by atoms with Crippen LogP contribution in [-0.4, -0.2) is 22.5 Å². The monoisotopic (exact) mass is 286 g/mol. The summed E-state index contributed by atoms with van der Waals surface area (Å²) in [7, 11) is 0. The second kappa shape index (κ2) is 5.09. The maximum atomic E-state index is 13.0. The lowest BCUT2D eigenvalue weighted by Crippen LogP contribution is -2.36. The van der Waals surface area contributed by atoms with Crippen molar-refractivity contribution in [1.29, 1.82) is 0 Å². The summed E-state index contributed by atoms with van der Waals surface area (Å²) < 4.78 is 13.0. The summed E-state index contributed by atoms with van der Waals surface area (Å²) in [5.74, 6) is -1.21. The van der Waals surface area contributed by atoms with Crippen molar-refractivity contribution in [2.75, 3.05) is 12.3 Å². The first-order valence-electron chi connectivity index (χ1n) is 6.70. The maximum absolute atomic E-state index is 13.0. The van der Waals surface area contributed by atoms with Gasteiger partial charge in [-0.25, -0.2) is 4.39 Å². The third kappa shape index (κ3) is 2.42. The smallest absolute Gasteiger partial charge is 0.257 e. The van der Waals surface area contributed by atoms with Crippen LogP contribution in [0.5, 0.6) is 5.75 Å². The molecule has 1 aliphatic rings. The standard InChI is InChI=1S/C16H15FN2O2/c17-11-4-5-13(15(20)8-11)16(21)19-7-6-12-10(9-19)2-1-3-14(12)18/h1-5,8,20H,6-7,9,18H2. The first kappa shape index (κ1) is 13.4. The largest absolute Gasteiger partial charge is 0.507 e. The Morgan fingerprint density at radius 2 is 2.10 bits per heavy atom. The molecule has 0 radical (unpaired) electrons. The van der Waals surface area contributed by atoms with Gasteiger partial charge in [-0.3, -0.25) is 4.79 Å². The van der Waals surface area contributed by atoms with Gasteiger partial charge in [-0.15, -0.1) is 0 Å². The lowest BCUT2D eigenvalue weighted by atomic mass is 9.97. The molecule has 0 fully saturated rings. The number of carbonyl (C=O) groups excluding carboxylic acids is 1. The van der Waals surface area contributed by atoms with Gasteiger partial charge in [-0.05, 0) is 35.7 Å². The van der Waals surface area contributed by atoms with Gasteiger partial charge < -0.3 is 15.7 Å². The van der Waals surface area contributed by atoms with Crippen molar-refractivity contribution < 1.29 is 14.3 Å². The number of nitrogen functional groups attached to an aromatic ring is 1. The average Bonchev–Trinajstić information content (AvgIpc) is 2.46. The summed E-state index contributed by atoms with van der Waals surface area (Å²) in [6, 6.07) is 9.07. The number of halogens is 1. The number of nitrogens with zero attached hydrogens (tertiary/aromatic N) is 1. The van der Waals surface area contributed by atoms with Crippen molar-refractivity contribution in [2.24, 2.45) is 0 Å². The van der Waals surface area contributed by atoms with E-state index in [1.165, 1.54) is 12.1 Å². The highest BCUT2D eigenvalue weighted by atomic mass is 19.1. The van der Waals surface area contributed by atoms with Gasteiger partial charge in [-0.2, -0.15) is 0 Å². The van der Waals surface area contributed by atoms with E-state index in [-0.39, 0.29) is 17.2 Å². The Hall–Kier alpha value is -2.56. The van der Waals surface area contributed by atoms with Gasteiger partial charge in [0.15, 0.2) is 0 Å². The van der Waals surface area contributed by atoms with Crippen molar-refractivity contribution in [1.82, 2.24) is 4.90 Å². The Bertz CT molecular complexity index is 715.